The highest BCUT2D eigenvalue weighted by molar-refractivity contribution is 5.58. The molecule has 1 rings (SSSR count). The zero-order chi connectivity index (χ0) is 8.81. The van der Waals surface area contributed by atoms with Gasteiger partial charge in [0.25, 0.3) is 0 Å². The van der Waals surface area contributed by atoms with Crippen molar-refractivity contribution in [3.63, 3.8) is 0 Å². The summed E-state index contributed by atoms with van der Waals surface area (Å²) < 4.78 is 0. The van der Waals surface area contributed by atoms with Crippen molar-refractivity contribution in [1.29, 1.82) is 0 Å². The Bertz CT molecular complexity index is 281. The number of allylic oxidation sites excluding steroid dienone is 3. The van der Waals surface area contributed by atoms with Gasteiger partial charge in [0.05, 0.1) is 0 Å². The fourth-order valence-electron chi connectivity index (χ4n) is 0.943. The summed E-state index contributed by atoms with van der Waals surface area (Å²) in [6.45, 7) is 7.38. The molecule has 0 aromatic heterocycles. The predicted octanol–water partition coefficient (Wildman–Crippen LogP) is 3.44. The standard InChI is InChI=1S/C12H12/c1-3-11(4-2)10-12-8-6-5-7-9-12/h3-10H,1-2H2. The molecule has 0 aliphatic rings. The van der Waals surface area contributed by atoms with E-state index in [0.717, 1.165) is 5.57 Å². The number of benzene rings is 1. The topological polar surface area (TPSA) is 0 Å². The molecule has 0 atom stereocenters. The van der Waals surface area contributed by atoms with Gasteiger partial charge in [-0.1, -0.05) is 55.6 Å². The zero-order valence-electron chi connectivity index (χ0n) is 7.03. The van der Waals surface area contributed by atoms with E-state index in [0.29, 0.717) is 0 Å². The minimum absolute atomic E-state index is 1.04. The minimum atomic E-state index is 1.04. The smallest absolute Gasteiger partial charge is 0.0251 e. The second kappa shape index (κ2) is 4.35. The first-order valence-corrected chi connectivity index (χ1v) is 3.88. The molecule has 0 nitrogen and oxygen atoms in total. The van der Waals surface area contributed by atoms with Gasteiger partial charge in [-0.15, -0.1) is 0 Å². The molecule has 60 valence electrons. The molecule has 0 saturated carbocycles. The first kappa shape index (κ1) is 8.54. The highest BCUT2D eigenvalue weighted by atomic mass is 13.9. The van der Waals surface area contributed by atoms with Crippen molar-refractivity contribution in [3.8, 4) is 0 Å². The molecule has 0 bridgehead atoms. The third kappa shape index (κ3) is 2.24. The van der Waals surface area contributed by atoms with E-state index in [4.69, 9.17) is 0 Å². The molecule has 0 heterocycles. The van der Waals surface area contributed by atoms with Crippen molar-refractivity contribution in [3.05, 3.63) is 66.8 Å². The van der Waals surface area contributed by atoms with E-state index in [-0.39, 0.29) is 0 Å². The SMILES string of the molecule is C=CC(C=C)=Cc1ccccc1. The summed E-state index contributed by atoms with van der Waals surface area (Å²) in [5.74, 6) is 0. The molecule has 1 aromatic rings. The van der Waals surface area contributed by atoms with Crippen LogP contribution >= 0.6 is 0 Å². The maximum absolute atomic E-state index is 3.69. The van der Waals surface area contributed by atoms with Crippen molar-refractivity contribution in [2.75, 3.05) is 0 Å². The van der Waals surface area contributed by atoms with Crippen LogP contribution in [0.25, 0.3) is 6.08 Å². The number of hydrogen-bond donors (Lipinski definition) is 0. The molecule has 0 amide bonds. The molecule has 0 N–H and O–H groups in total. The first-order chi connectivity index (χ1) is 5.86. The van der Waals surface area contributed by atoms with Gasteiger partial charge in [0.1, 0.15) is 0 Å². The maximum Gasteiger partial charge on any atom is -0.0251 e. The van der Waals surface area contributed by atoms with E-state index in [1.165, 1.54) is 5.56 Å². The van der Waals surface area contributed by atoms with Crippen LogP contribution in [0.2, 0.25) is 0 Å². The van der Waals surface area contributed by atoms with Crippen LogP contribution < -0.4 is 0 Å². The van der Waals surface area contributed by atoms with Gasteiger partial charge < -0.3 is 0 Å². The Morgan fingerprint density at radius 3 is 2.08 bits per heavy atom. The Morgan fingerprint density at radius 2 is 1.58 bits per heavy atom. The van der Waals surface area contributed by atoms with Gasteiger partial charge in [0.2, 0.25) is 0 Å². The van der Waals surface area contributed by atoms with Crippen LogP contribution in [0, 0.1) is 0 Å². The second-order valence-electron chi connectivity index (χ2n) is 2.46. The largest absolute Gasteiger partial charge is 0.0985 e. The maximum atomic E-state index is 3.69. The monoisotopic (exact) mass is 156 g/mol. The Kier molecular flexibility index (Phi) is 3.09. The summed E-state index contributed by atoms with van der Waals surface area (Å²) >= 11 is 0. The zero-order valence-corrected chi connectivity index (χ0v) is 7.03. The third-order valence-electron chi connectivity index (χ3n) is 1.60. The second-order valence-corrected chi connectivity index (χ2v) is 2.46. The lowest BCUT2D eigenvalue weighted by atomic mass is 10.1. The van der Waals surface area contributed by atoms with Gasteiger partial charge in [-0.05, 0) is 17.2 Å². The average molecular weight is 156 g/mol. The quantitative estimate of drug-likeness (QED) is 0.588. The van der Waals surface area contributed by atoms with E-state index >= 15 is 0 Å². The van der Waals surface area contributed by atoms with Gasteiger partial charge in [-0.2, -0.15) is 0 Å². The fraction of sp³-hybridized carbons (Fsp3) is 0. The summed E-state index contributed by atoms with van der Waals surface area (Å²) in [5, 5.41) is 0. The van der Waals surface area contributed by atoms with Crippen LogP contribution in [-0.4, -0.2) is 0 Å². The minimum Gasteiger partial charge on any atom is -0.0985 e. The molecule has 0 unspecified atom stereocenters. The molecule has 0 aliphatic carbocycles. The summed E-state index contributed by atoms with van der Waals surface area (Å²) in [5.41, 5.74) is 2.22. The van der Waals surface area contributed by atoms with Crippen LogP contribution in [0.1, 0.15) is 5.56 Å². The van der Waals surface area contributed by atoms with Crippen molar-refractivity contribution < 1.29 is 0 Å². The third-order valence-corrected chi connectivity index (χ3v) is 1.60. The highest BCUT2D eigenvalue weighted by Gasteiger charge is 1.85. The van der Waals surface area contributed by atoms with Gasteiger partial charge in [0.15, 0.2) is 0 Å². The van der Waals surface area contributed by atoms with E-state index in [1.54, 1.807) is 12.2 Å². The Morgan fingerprint density at radius 1 is 1.00 bits per heavy atom. The average Bonchev–Trinajstić information content (AvgIpc) is 2.16. The van der Waals surface area contributed by atoms with Gasteiger partial charge >= 0.3 is 0 Å². The number of rotatable bonds is 3. The Balaban J connectivity index is 2.93. The van der Waals surface area contributed by atoms with Crippen molar-refractivity contribution in [1.82, 2.24) is 0 Å². The van der Waals surface area contributed by atoms with Crippen molar-refractivity contribution in [2.24, 2.45) is 0 Å². The fourth-order valence-corrected chi connectivity index (χ4v) is 0.943. The molecule has 0 fully saturated rings. The van der Waals surface area contributed by atoms with Crippen LogP contribution in [0.4, 0.5) is 0 Å². The van der Waals surface area contributed by atoms with Crippen molar-refractivity contribution >= 4 is 6.08 Å². The molecule has 12 heavy (non-hydrogen) atoms. The molecular weight excluding hydrogens is 144 g/mol. The van der Waals surface area contributed by atoms with Crippen LogP contribution in [0.3, 0.4) is 0 Å². The van der Waals surface area contributed by atoms with E-state index < -0.39 is 0 Å². The molecule has 0 saturated heterocycles. The predicted molar refractivity (Wildman–Crippen MR) is 54.8 cm³/mol. The number of hydrogen-bond acceptors (Lipinski definition) is 0. The Labute approximate surface area is 73.6 Å². The summed E-state index contributed by atoms with van der Waals surface area (Å²) in [6.07, 6.45) is 5.62. The first-order valence-electron chi connectivity index (χ1n) is 3.88. The van der Waals surface area contributed by atoms with E-state index in [1.807, 2.05) is 36.4 Å². The van der Waals surface area contributed by atoms with E-state index in [2.05, 4.69) is 13.2 Å². The highest BCUT2D eigenvalue weighted by Crippen LogP contribution is 2.07. The molecule has 0 spiro atoms. The molecule has 1 aromatic carbocycles. The summed E-state index contributed by atoms with van der Waals surface area (Å²) in [6, 6.07) is 10.1. The normalized spacial score (nSPS) is 8.67. The van der Waals surface area contributed by atoms with Crippen molar-refractivity contribution in [2.45, 2.75) is 0 Å². The van der Waals surface area contributed by atoms with Gasteiger partial charge in [-0.3, -0.25) is 0 Å². The molecular formula is C12H12. The lowest BCUT2D eigenvalue weighted by molar-refractivity contribution is 1.64. The van der Waals surface area contributed by atoms with Gasteiger partial charge in [0, 0.05) is 0 Å². The van der Waals surface area contributed by atoms with Gasteiger partial charge in [-0.25, -0.2) is 0 Å². The van der Waals surface area contributed by atoms with Crippen LogP contribution in [0.5, 0.6) is 0 Å². The summed E-state index contributed by atoms with van der Waals surface area (Å²) in [4.78, 5) is 0. The lowest BCUT2D eigenvalue weighted by Crippen LogP contribution is -1.72. The molecule has 0 heteroatoms. The van der Waals surface area contributed by atoms with Crippen LogP contribution in [-0.2, 0) is 0 Å². The molecule has 0 radical (unpaired) electrons. The van der Waals surface area contributed by atoms with Crippen LogP contribution in [0.15, 0.2) is 61.2 Å². The Hall–Kier alpha value is -1.56. The summed E-state index contributed by atoms with van der Waals surface area (Å²) in [7, 11) is 0. The lowest BCUT2D eigenvalue weighted by Gasteiger charge is -1.93. The van der Waals surface area contributed by atoms with E-state index in [9.17, 15) is 0 Å². The molecule has 0 aliphatic heterocycles.